The molecule has 1 N–H and O–H groups in total. The summed E-state index contributed by atoms with van der Waals surface area (Å²) in [4.78, 5) is 17.6. The van der Waals surface area contributed by atoms with Crippen molar-refractivity contribution in [1.29, 1.82) is 0 Å². The minimum atomic E-state index is -0.429. The Hall–Kier alpha value is -1.70. The summed E-state index contributed by atoms with van der Waals surface area (Å²) >= 11 is 2.00. The van der Waals surface area contributed by atoms with Crippen LogP contribution in [0.5, 0.6) is 0 Å². The standard InChI is InChI=1S/C15H15FIN3O/c1-20(2)15(21)12-7-11(17)8-13(16)14(12)19-9-10-3-5-18-6-4-10/h3-8,19H,9H2,1-2H3. The fourth-order valence-electron chi connectivity index (χ4n) is 1.85. The summed E-state index contributed by atoms with van der Waals surface area (Å²) in [6.07, 6.45) is 3.35. The minimum Gasteiger partial charge on any atom is -0.378 e. The van der Waals surface area contributed by atoms with Crippen molar-refractivity contribution in [2.75, 3.05) is 19.4 Å². The van der Waals surface area contributed by atoms with Crippen molar-refractivity contribution >= 4 is 34.2 Å². The lowest BCUT2D eigenvalue weighted by Gasteiger charge is -2.16. The molecule has 1 heterocycles. The molecule has 4 nitrogen and oxygen atoms in total. The second-order valence-electron chi connectivity index (χ2n) is 4.72. The van der Waals surface area contributed by atoms with Crippen molar-refractivity contribution in [3.05, 3.63) is 57.2 Å². The van der Waals surface area contributed by atoms with E-state index in [-0.39, 0.29) is 11.6 Å². The molecule has 0 saturated carbocycles. The molecule has 0 saturated heterocycles. The minimum absolute atomic E-state index is 0.228. The first-order valence-electron chi connectivity index (χ1n) is 6.32. The van der Waals surface area contributed by atoms with Crippen molar-refractivity contribution in [1.82, 2.24) is 9.88 Å². The van der Waals surface area contributed by atoms with E-state index in [2.05, 4.69) is 10.3 Å². The maximum Gasteiger partial charge on any atom is 0.255 e. The molecule has 1 amide bonds. The SMILES string of the molecule is CN(C)C(=O)c1cc(I)cc(F)c1NCc1ccncc1. The zero-order valence-electron chi connectivity index (χ0n) is 11.7. The number of nitrogens with one attached hydrogen (secondary N) is 1. The Labute approximate surface area is 136 Å². The highest BCUT2D eigenvalue weighted by Crippen LogP contribution is 2.25. The highest BCUT2D eigenvalue weighted by atomic mass is 127. The van der Waals surface area contributed by atoms with E-state index in [4.69, 9.17) is 0 Å². The summed E-state index contributed by atoms with van der Waals surface area (Å²) in [6.45, 7) is 0.424. The number of amides is 1. The summed E-state index contributed by atoms with van der Waals surface area (Å²) in [7, 11) is 3.29. The molecule has 110 valence electrons. The van der Waals surface area contributed by atoms with Crippen LogP contribution in [-0.4, -0.2) is 29.9 Å². The number of anilines is 1. The average molecular weight is 399 g/mol. The molecule has 2 aromatic rings. The van der Waals surface area contributed by atoms with Gasteiger partial charge in [-0.3, -0.25) is 9.78 Å². The molecule has 21 heavy (non-hydrogen) atoms. The van der Waals surface area contributed by atoms with Crippen LogP contribution in [0.25, 0.3) is 0 Å². The molecule has 0 radical (unpaired) electrons. The average Bonchev–Trinajstić information content (AvgIpc) is 2.45. The molecule has 0 unspecified atom stereocenters. The predicted octanol–water partition coefficient (Wildman–Crippen LogP) is 3.14. The first-order valence-corrected chi connectivity index (χ1v) is 7.40. The molecule has 6 heteroatoms. The molecule has 0 spiro atoms. The molecular formula is C15H15FIN3O. The largest absolute Gasteiger partial charge is 0.378 e. The zero-order chi connectivity index (χ0) is 15.4. The number of carbonyl (C=O) groups excluding carboxylic acids is 1. The number of nitrogens with zero attached hydrogens (tertiary/aromatic N) is 2. The molecule has 0 atom stereocenters. The second-order valence-corrected chi connectivity index (χ2v) is 5.96. The lowest BCUT2D eigenvalue weighted by Crippen LogP contribution is -2.23. The van der Waals surface area contributed by atoms with E-state index in [0.29, 0.717) is 15.7 Å². The highest BCUT2D eigenvalue weighted by molar-refractivity contribution is 14.1. The Morgan fingerprint density at radius 1 is 1.33 bits per heavy atom. The van der Waals surface area contributed by atoms with Gasteiger partial charge in [0.1, 0.15) is 5.82 Å². The lowest BCUT2D eigenvalue weighted by atomic mass is 10.1. The van der Waals surface area contributed by atoms with Gasteiger partial charge in [-0.15, -0.1) is 0 Å². The predicted molar refractivity (Wildman–Crippen MR) is 88.7 cm³/mol. The molecular weight excluding hydrogens is 384 g/mol. The Morgan fingerprint density at radius 2 is 2.00 bits per heavy atom. The van der Waals surface area contributed by atoms with E-state index in [1.54, 1.807) is 32.6 Å². The van der Waals surface area contributed by atoms with Crippen molar-refractivity contribution < 1.29 is 9.18 Å². The van der Waals surface area contributed by atoms with Crippen molar-refractivity contribution in [2.45, 2.75) is 6.54 Å². The van der Waals surface area contributed by atoms with Gasteiger partial charge in [0.25, 0.3) is 5.91 Å². The number of rotatable bonds is 4. The lowest BCUT2D eigenvalue weighted by molar-refractivity contribution is 0.0828. The van der Waals surface area contributed by atoms with Crippen LogP contribution in [0.2, 0.25) is 0 Å². The number of hydrogen-bond donors (Lipinski definition) is 1. The number of benzene rings is 1. The van der Waals surface area contributed by atoms with Gasteiger partial charge < -0.3 is 10.2 Å². The van der Waals surface area contributed by atoms with Crippen LogP contribution in [0.4, 0.5) is 10.1 Å². The van der Waals surface area contributed by atoms with Gasteiger partial charge in [-0.2, -0.15) is 0 Å². The summed E-state index contributed by atoms with van der Waals surface area (Å²) in [5, 5.41) is 3.01. The molecule has 2 rings (SSSR count). The van der Waals surface area contributed by atoms with Gasteiger partial charge in [0.15, 0.2) is 0 Å². The van der Waals surface area contributed by atoms with Gasteiger partial charge in [-0.25, -0.2) is 4.39 Å². The normalized spacial score (nSPS) is 10.3. The molecule has 0 fully saturated rings. The van der Waals surface area contributed by atoms with E-state index in [0.717, 1.165) is 5.56 Å². The van der Waals surface area contributed by atoms with Crippen LogP contribution in [0, 0.1) is 9.39 Å². The van der Waals surface area contributed by atoms with Gasteiger partial charge in [0, 0.05) is 36.6 Å². The summed E-state index contributed by atoms with van der Waals surface area (Å²) < 4.78 is 14.9. The summed E-state index contributed by atoms with van der Waals surface area (Å²) in [5.41, 5.74) is 1.52. The van der Waals surface area contributed by atoms with E-state index in [1.165, 1.54) is 11.0 Å². The van der Waals surface area contributed by atoms with E-state index in [9.17, 15) is 9.18 Å². The van der Waals surface area contributed by atoms with Crippen molar-refractivity contribution in [3.63, 3.8) is 0 Å². The van der Waals surface area contributed by atoms with Crippen LogP contribution in [0.1, 0.15) is 15.9 Å². The summed E-state index contributed by atoms with van der Waals surface area (Å²) in [6, 6.07) is 6.76. The Kier molecular flexibility index (Phi) is 5.11. The fraction of sp³-hybridized carbons (Fsp3) is 0.200. The number of carbonyl (C=O) groups is 1. The van der Waals surface area contributed by atoms with E-state index in [1.807, 2.05) is 34.7 Å². The fourth-order valence-corrected chi connectivity index (χ4v) is 2.44. The Morgan fingerprint density at radius 3 is 2.62 bits per heavy atom. The maximum atomic E-state index is 14.2. The molecule has 1 aromatic heterocycles. The maximum absolute atomic E-state index is 14.2. The third kappa shape index (κ3) is 3.90. The topological polar surface area (TPSA) is 45.2 Å². The van der Waals surface area contributed by atoms with Gasteiger partial charge in [-0.05, 0) is 52.4 Å². The molecule has 0 aliphatic rings. The Balaban J connectivity index is 2.31. The van der Waals surface area contributed by atoms with Crippen molar-refractivity contribution in [3.8, 4) is 0 Å². The van der Waals surface area contributed by atoms with Crippen molar-refractivity contribution in [2.24, 2.45) is 0 Å². The third-order valence-electron chi connectivity index (χ3n) is 2.91. The number of aromatic nitrogens is 1. The molecule has 0 aliphatic heterocycles. The summed E-state index contributed by atoms with van der Waals surface area (Å²) in [5.74, 6) is -0.661. The Bertz CT molecular complexity index is 647. The van der Waals surface area contributed by atoms with E-state index < -0.39 is 5.82 Å². The van der Waals surface area contributed by atoms with Gasteiger partial charge in [-0.1, -0.05) is 0 Å². The monoisotopic (exact) mass is 399 g/mol. The van der Waals surface area contributed by atoms with Crippen LogP contribution in [-0.2, 0) is 6.54 Å². The molecule has 1 aromatic carbocycles. The smallest absolute Gasteiger partial charge is 0.255 e. The molecule has 0 aliphatic carbocycles. The second kappa shape index (κ2) is 6.84. The van der Waals surface area contributed by atoms with Crippen LogP contribution >= 0.6 is 22.6 Å². The first-order chi connectivity index (χ1) is 9.99. The van der Waals surface area contributed by atoms with Gasteiger partial charge in [0.2, 0.25) is 0 Å². The van der Waals surface area contributed by atoms with Crippen LogP contribution in [0.15, 0.2) is 36.7 Å². The zero-order valence-corrected chi connectivity index (χ0v) is 13.9. The quantitative estimate of drug-likeness (QED) is 0.804. The first kappa shape index (κ1) is 15.7. The number of pyridine rings is 1. The van der Waals surface area contributed by atoms with Gasteiger partial charge >= 0.3 is 0 Å². The van der Waals surface area contributed by atoms with Crippen LogP contribution in [0.3, 0.4) is 0 Å². The highest BCUT2D eigenvalue weighted by Gasteiger charge is 2.18. The van der Waals surface area contributed by atoms with Gasteiger partial charge in [0.05, 0.1) is 11.3 Å². The van der Waals surface area contributed by atoms with E-state index >= 15 is 0 Å². The number of hydrogen-bond acceptors (Lipinski definition) is 3. The third-order valence-corrected chi connectivity index (χ3v) is 3.53. The van der Waals surface area contributed by atoms with Crippen LogP contribution < -0.4 is 5.32 Å². The molecule has 0 bridgehead atoms. The number of halogens is 2.